The van der Waals surface area contributed by atoms with E-state index in [-0.39, 0.29) is 23.0 Å². The van der Waals surface area contributed by atoms with Crippen molar-refractivity contribution in [1.82, 2.24) is 10.2 Å². The second-order valence-electron chi connectivity index (χ2n) is 6.80. The second kappa shape index (κ2) is 7.37. The highest BCUT2D eigenvalue weighted by Crippen LogP contribution is 2.40. The molecule has 1 spiro atoms. The number of piperidine rings is 1. The first-order chi connectivity index (χ1) is 12.0. The summed E-state index contributed by atoms with van der Waals surface area (Å²) in [5.41, 5.74) is 0.475. The van der Waals surface area contributed by atoms with E-state index in [0.717, 1.165) is 25.7 Å². The van der Waals surface area contributed by atoms with Crippen molar-refractivity contribution in [3.05, 3.63) is 29.8 Å². The van der Waals surface area contributed by atoms with Gasteiger partial charge in [-0.25, -0.2) is 0 Å². The molecule has 1 N–H and O–H groups in total. The predicted molar refractivity (Wildman–Crippen MR) is 87.5 cm³/mol. The fourth-order valence-electron chi connectivity index (χ4n) is 3.73. The summed E-state index contributed by atoms with van der Waals surface area (Å²) in [7, 11) is 0. The summed E-state index contributed by atoms with van der Waals surface area (Å²) in [5, 5.41) is 2.90. The van der Waals surface area contributed by atoms with Crippen LogP contribution in [0.15, 0.2) is 24.3 Å². The lowest BCUT2D eigenvalue weighted by molar-refractivity contribution is -0.121. The summed E-state index contributed by atoms with van der Waals surface area (Å²) in [5.74, 6) is -0.0775. The zero-order valence-corrected chi connectivity index (χ0v) is 14.0. The molecule has 0 aliphatic carbocycles. The van der Waals surface area contributed by atoms with Gasteiger partial charge in [-0.2, -0.15) is 8.78 Å². The van der Waals surface area contributed by atoms with Crippen LogP contribution in [-0.2, 0) is 4.79 Å². The Balaban J connectivity index is 1.62. The van der Waals surface area contributed by atoms with E-state index in [1.54, 1.807) is 17.0 Å². The lowest BCUT2D eigenvalue weighted by Crippen LogP contribution is -2.43. The van der Waals surface area contributed by atoms with Gasteiger partial charge in [-0.05, 0) is 49.3 Å². The Bertz CT molecular complexity index is 643. The summed E-state index contributed by atoms with van der Waals surface area (Å²) in [6, 6.07) is 5.91. The molecular formula is C18H22F2N2O3. The molecule has 2 aliphatic rings. The average molecular weight is 352 g/mol. The number of nitrogens with zero attached hydrogens (tertiary/aromatic N) is 1. The molecule has 2 aliphatic heterocycles. The number of hydrogen-bond donors (Lipinski definition) is 1. The third-order valence-corrected chi connectivity index (χ3v) is 5.28. The van der Waals surface area contributed by atoms with Gasteiger partial charge in [0.25, 0.3) is 5.91 Å². The summed E-state index contributed by atoms with van der Waals surface area (Å²) in [6.07, 6.45) is 4.07. The van der Waals surface area contributed by atoms with Gasteiger partial charge < -0.3 is 15.0 Å². The molecule has 3 rings (SSSR count). The number of nitrogens with one attached hydrogen (secondary N) is 1. The molecule has 0 atom stereocenters. The quantitative estimate of drug-likeness (QED) is 0.910. The van der Waals surface area contributed by atoms with E-state index in [9.17, 15) is 18.4 Å². The molecule has 0 radical (unpaired) electrons. The summed E-state index contributed by atoms with van der Waals surface area (Å²) in [4.78, 5) is 25.9. The van der Waals surface area contributed by atoms with Crippen LogP contribution in [-0.4, -0.2) is 43.0 Å². The summed E-state index contributed by atoms with van der Waals surface area (Å²) < 4.78 is 29.0. The van der Waals surface area contributed by atoms with Crippen molar-refractivity contribution in [3.8, 4) is 5.75 Å². The highest BCUT2D eigenvalue weighted by atomic mass is 19.3. The molecule has 2 saturated heterocycles. The minimum Gasteiger partial charge on any atom is -0.435 e. The van der Waals surface area contributed by atoms with E-state index in [1.165, 1.54) is 12.1 Å². The molecular weight excluding hydrogens is 330 g/mol. The fourth-order valence-corrected chi connectivity index (χ4v) is 3.73. The zero-order chi connectivity index (χ0) is 17.9. The number of carbonyl (C=O) groups is 2. The Labute approximate surface area is 145 Å². The zero-order valence-electron chi connectivity index (χ0n) is 14.0. The first-order valence-corrected chi connectivity index (χ1v) is 8.58. The molecule has 0 unspecified atom stereocenters. The van der Waals surface area contributed by atoms with Crippen LogP contribution in [0.4, 0.5) is 8.78 Å². The van der Waals surface area contributed by atoms with Crippen LogP contribution in [0.2, 0.25) is 0 Å². The van der Waals surface area contributed by atoms with Gasteiger partial charge in [-0.1, -0.05) is 6.07 Å². The Kier molecular flexibility index (Phi) is 5.20. The van der Waals surface area contributed by atoms with Gasteiger partial charge in [0.05, 0.1) is 0 Å². The Morgan fingerprint density at radius 3 is 2.68 bits per heavy atom. The summed E-state index contributed by atoms with van der Waals surface area (Å²) in [6.45, 7) is -0.980. The number of ether oxygens (including phenoxy) is 1. The molecule has 5 nitrogen and oxygen atoms in total. The summed E-state index contributed by atoms with van der Waals surface area (Å²) >= 11 is 0. The molecule has 2 heterocycles. The maximum absolute atomic E-state index is 12.6. The van der Waals surface area contributed by atoms with Crippen molar-refractivity contribution in [1.29, 1.82) is 0 Å². The Morgan fingerprint density at radius 1 is 1.20 bits per heavy atom. The molecule has 2 amide bonds. The van der Waals surface area contributed by atoms with Crippen LogP contribution < -0.4 is 10.1 Å². The number of alkyl halides is 2. The lowest BCUT2D eigenvalue weighted by atomic mass is 9.73. The number of carbonyl (C=O) groups excluding carboxylic acids is 2. The van der Waals surface area contributed by atoms with Crippen LogP contribution in [0.25, 0.3) is 0 Å². The molecule has 1 aromatic carbocycles. The van der Waals surface area contributed by atoms with Gasteiger partial charge in [-0.15, -0.1) is 0 Å². The van der Waals surface area contributed by atoms with Crippen LogP contribution in [0.3, 0.4) is 0 Å². The standard InChI is InChI=1S/C18H22F2N2O3/c19-17(20)25-14-3-1-2-13(12-14)16(24)22-10-7-18(8-11-22)5-4-15(23)21-9-6-18/h1-3,12,17H,4-11H2,(H,21,23). The van der Waals surface area contributed by atoms with Crippen molar-refractivity contribution < 1.29 is 23.1 Å². The van der Waals surface area contributed by atoms with Crippen molar-refractivity contribution in [2.24, 2.45) is 5.41 Å². The maximum atomic E-state index is 12.6. The third kappa shape index (κ3) is 4.27. The largest absolute Gasteiger partial charge is 0.435 e. The van der Waals surface area contributed by atoms with Crippen molar-refractivity contribution >= 4 is 11.8 Å². The number of likely N-dealkylation sites (tertiary alicyclic amines) is 1. The first-order valence-electron chi connectivity index (χ1n) is 8.58. The first kappa shape index (κ1) is 17.6. The molecule has 25 heavy (non-hydrogen) atoms. The van der Waals surface area contributed by atoms with Crippen LogP contribution in [0.5, 0.6) is 5.75 Å². The highest BCUT2D eigenvalue weighted by molar-refractivity contribution is 5.94. The van der Waals surface area contributed by atoms with Crippen LogP contribution in [0, 0.1) is 5.41 Å². The highest BCUT2D eigenvalue weighted by Gasteiger charge is 2.37. The molecule has 136 valence electrons. The topological polar surface area (TPSA) is 58.6 Å². The molecule has 0 bridgehead atoms. The van der Waals surface area contributed by atoms with E-state index < -0.39 is 6.61 Å². The van der Waals surface area contributed by atoms with Crippen LogP contribution in [0.1, 0.15) is 42.5 Å². The minimum atomic E-state index is -2.91. The van der Waals surface area contributed by atoms with E-state index in [2.05, 4.69) is 10.1 Å². The monoisotopic (exact) mass is 352 g/mol. The SMILES string of the molecule is O=C1CCC2(CCN1)CCN(C(=O)c1cccc(OC(F)F)c1)CC2. The van der Waals surface area contributed by atoms with Crippen molar-refractivity contribution in [2.75, 3.05) is 19.6 Å². The van der Waals surface area contributed by atoms with Gasteiger partial charge in [-0.3, -0.25) is 9.59 Å². The molecule has 2 fully saturated rings. The molecule has 1 aromatic rings. The Hall–Kier alpha value is -2.18. The molecule has 0 saturated carbocycles. The van der Waals surface area contributed by atoms with Crippen molar-refractivity contribution in [2.45, 2.75) is 38.7 Å². The van der Waals surface area contributed by atoms with Crippen LogP contribution >= 0.6 is 0 Å². The number of benzene rings is 1. The maximum Gasteiger partial charge on any atom is 0.387 e. The number of halogens is 2. The van der Waals surface area contributed by atoms with E-state index >= 15 is 0 Å². The van der Waals surface area contributed by atoms with Gasteiger partial charge >= 0.3 is 6.61 Å². The normalized spacial score (nSPS) is 20.3. The van der Waals surface area contributed by atoms with Crippen molar-refractivity contribution in [3.63, 3.8) is 0 Å². The van der Waals surface area contributed by atoms with Gasteiger partial charge in [0.2, 0.25) is 5.91 Å². The van der Waals surface area contributed by atoms with E-state index in [4.69, 9.17) is 0 Å². The van der Waals surface area contributed by atoms with E-state index in [0.29, 0.717) is 31.6 Å². The third-order valence-electron chi connectivity index (χ3n) is 5.28. The number of amides is 2. The smallest absolute Gasteiger partial charge is 0.387 e. The molecule has 7 heteroatoms. The minimum absolute atomic E-state index is 0.0114. The average Bonchev–Trinajstić information content (AvgIpc) is 2.77. The van der Waals surface area contributed by atoms with Gasteiger partial charge in [0.1, 0.15) is 5.75 Å². The number of rotatable bonds is 3. The number of hydrogen-bond acceptors (Lipinski definition) is 3. The lowest BCUT2D eigenvalue weighted by Gasteiger charge is -2.41. The molecule has 0 aromatic heterocycles. The predicted octanol–water partition coefficient (Wildman–Crippen LogP) is 2.81. The Morgan fingerprint density at radius 2 is 1.96 bits per heavy atom. The van der Waals surface area contributed by atoms with Gasteiger partial charge in [0.15, 0.2) is 0 Å². The second-order valence-corrected chi connectivity index (χ2v) is 6.80. The van der Waals surface area contributed by atoms with E-state index in [1.807, 2.05) is 0 Å². The fraction of sp³-hybridized carbons (Fsp3) is 0.556. The van der Waals surface area contributed by atoms with Gasteiger partial charge in [0, 0.05) is 31.6 Å².